The summed E-state index contributed by atoms with van der Waals surface area (Å²) in [6.45, 7) is 4.53. The highest BCUT2D eigenvalue weighted by molar-refractivity contribution is 5.82. The molecule has 2 amide bonds. The van der Waals surface area contributed by atoms with Crippen LogP contribution in [-0.2, 0) is 9.53 Å². The van der Waals surface area contributed by atoms with Gasteiger partial charge >= 0.3 is 6.09 Å². The van der Waals surface area contributed by atoms with Crippen molar-refractivity contribution in [1.82, 2.24) is 15.6 Å². The molecule has 0 spiro atoms. The molecule has 1 aliphatic heterocycles. The summed E-state index contributed by atoms with van der Waals surface area (Å²) in [5.41, 5.74) is 0.964. The number of piperidine rings is 1. The van der Waals surface area contributed by atoms with E-state index in [9.17, 15) is 9.59 Å². The Kier molecular flexibility index (Phi) is 7.70. The van der Waals surface area contributed by atoms with Gasteiger partial charge in [0.15, 0.2) is 6.61 Å². The smallest absolute Gasteiger partial charge is 0.407 e. The Morgan fingerprint density at radius 3 is 2.70 bits per heavy atom. The largest absolute Gasteiger partial charge is 0.497 e. The van der Waals surface area contributed by atoms with Gasteiger partial charge in [0, 0.05) is 31.6 Å². The van der Waals surface area contributed by atoms with Gasteiger partial charge in [-0.1, -0.05) is 0 Å². The van der Waals surface area contributed by atoms with Crippen molar-refractivity contribution in [3.63, 3.8) is 0 Å². The second-order valence-electron chi connectivity index (χ2n) is 7.40. The standard InChI is InChI=1S/C22H30N4O4/c1-3-23-21(27)15-30-22(28)24-11-8-16-9-12-26(13-10-16)20-7-4-17-14-18(29-2)5-6-19(17)25-20/h4-7,14,16H,3,8-13,15H2,1-2H3,(H,23,27)(H,24,28). The third-order valence-corrected chi connectivity index (χ3v) is 5.35. The molecule has 1 aliphatic rings. The Labute approximate surface area is 176 Å². The topological polar surface area (TPSA) is 92.8 Å². The van der Waals surface area contributed by atoms with Gasteiger partial charge in [-0.05, 0) is 62.4 Å². The van der Waals surface area contributed by atoms with Crippen LogP contribution in [0.5, 0.6) is 5.75 Å². The fourth-order valence-corrected chi connectivity index (χ4v) is 3.66. The zero-order valence-corrected chi connectivity index (χ0v) is 17.6. The zero-order chi connectivity index (χ0) is 21.3. The van der Waals surface area contributed by atoms with Crippen molar-refractivity contribution < 1.29 is 19.1 Å². The maximum absolute atomic E-state index is 11.6. The number of hydrogen-bond acceptors (Lipinski definition) is 6. The minimum absolute atomic E-state index is 0.246. The predicted octanol–water partition coefficient (Wildman–Crippen LogP) is 2.71. The number of ether oxygens (including phenoxy) is 2. The van der Waals surface area contributed by atoms with Gasteiger partial charge in [-0.3, -0.25) is 4.79 Å². The number of carbonyl (C=O) groups excluding carboxylic acids is 2. The fraction of sp³-hybridized carbons (Fsp3) is 0.500. The number of amides is 2. The maximum atomic E-state index is 11.6. The zero-order valence-electron chi connectivity index (χ0n) is 17.6. The second-order valence-corrected chi connectivity index (χ2v) is 7.40. The number of pyridine rings is 1. The molecule has 2 N–H and O–H groups in total. The normalized spacial score (nSPS) is 14.4. The van der Waals surface area contributed by atoms with Crippen molar-refractivity contribution in [1.29, 1.82) is 0 Å². The molecule has 3 rings (SSSR count). The first kappa shape index (κ1) is 21.7. The molecule has 1 fully saturated rings. The van der Waals surface area contributed by atoms with E-state index in [-0.39, 0.29) is 12.5 Å². The lowest BCUT2D eigenvalue weighted by Gasteiger charge is -2.33. The van der Waals surface area contributed by atoms with Crippen molar-refractivity contribution in [3.8, 4) is 5.75 Å². The van der Waals surface area contributed by atoms with Gasteiger partial charge in [0.1, 0.15) is 11.6 Å². The van der Waals surface area contributed by atoms with E-state index in [1.807, 2.05) is 25.1 Å². The Balaban J connectivity index is 1.40. The highest BCUT2D eigenvalue weighted by atomic mass is 16.6. The molecule has 2 heterocycles. The van der Waals surface area contributed by atoms with Crippen LogP contribution in [0.3, 0.4) is 0 Å². The molecule has 0 radical (unpaired) electrons. The summed E-state index contributed by atoms with van der Waals surface area (Å²) in [4.78, 5) is 30.0. The highest BCUT2D eigenvalue weighted by Gasteiger charge is 2.20. The lowest BCUT2D eigenvalue weighted by atomic mass is 9.93. The van der Waals surface area contributed by atoms with Crippen LogP contribution in [0, 0.1) is 5.92 Å². The van der Waals surface area contributed by atoms with Crippen LogP contribution in [0.25, 0.3) is 10.9 Å². The average Bonchev–Trinajstić information content (AvgIpc) is 2.77. The minimum atomic E-state index is -0.546. The van der Waals surface area contributed by atoms with Crippen molar-refractivity contribution in [3.05, 3.63) is 30.3 Å². The first-order valence-electron chi connectivity index (χ1n) is 10.5. The lowest BCUT2D eigenvalue weighted by Crippen LogP contribution is -2.36. The summed E-state index contributed by atoms with van der Waals surface area (Å²) < 4.78 is 10.2. The molecule has 2 aromatic rings. The molecule has 1 aromatic heterocycles. The Hall–Kier alpha value is -3.03. The fourth-order valence-electron chi connectivity index (χ4n) is 3.66. The molecule has 162 valence electrons. The Morgan fingerprint density at radius 2 is 1.97 bits per heavy atom. The minimum Gasteiger partial charge on any atom is -0.497 e. The van der Waals surface area contributed by atoms with E-state index in [1.54, 1.807) is 7.11 Å². The van der Waals surface area contributed by atoms with Crippen molar-refractivity contribution >= 4 is 28.7 Å². The van der Waals surface area contributed by atoms with Gasteiger partial charge in [-0.25, -0.2) is 9.78 Å². The van der Waals surface area contributed by atoms with E-state index in [4.69, 9.17) is 14.5 Å². The third kappa shape index (κ3) is 5.98. The highest BCUT2D eigenvalue weighted by Crippen LogP contribution is 2.26. The molecule has 1 saturated heterocycles. The van der Waals surface area contributed by atoms with E-state index >= 15 is 0 Å². The summed E-state index contributed by atoms with van der Waals surface area (Å²) in [6, 6.07) is 10.1. The number of benzene rings is 1. The number of anilines is 1. The summed E-state index contributed by atoms with van der Waals surface area (Å²) in [7, 11) is 1.66. The molecule has 8 heteroatoms. The first-order chi connectivity index (χ1) is 14.6. The summed E-state index contributed by atoms with van der Waals surface area (Å²) in [5, 5.41) is 6.37. The van der Waals surface area contributed by atoms with E-state index in [2.05, 4.69) is 27.7 Å². The predicted molar refractivity (Wildman–Crippen MR) is 116 cm³/mol. The number of aromatic nitrogens is 1. The summed E-state index contributed by atoms with van der Waals surface area (Å²) >= 11 is 0. The number of carbonyl (C=O) groups is 2. The molecule has 0 saturated carbocycles. The van der Waals surface area contributed by atoms with Crippen LogP contribution in [0.15, 0.2) is 30.3 Å². The molecule has 30 heavy (non-hydrogen) atoms. The van der Waals surface area contributed by atoms with Gasteiger partial charge in [-0.15, -0.1) is 0 Å². The van der Waals surface area contributed by atoms with E-state index in [0.29, 0.717) is 19.0 Å². The van der Waals surface area contributed by atoms with E-state index in [1.165, 1.54) is 0 Å². The van der Waals surface area contributed by atoms with Gasteiger partial charge in [-0.2, -0.15) is 0 Å². The lowest BCUT2D eigenvalue weighted by molar-refractivity contribution is -0.123. The Morgan fingerprint density at radius 1 is 1.17 bits per heavy atom. The number of nitrogens with zero attached hydrogens (tertiary/aromatic N) is 2. The number of nitrogens with one attached hydrogen (secondary N) is 2. The van der Waals surface area contributed by atoms with Crippen LogP contribution in [0.1, 0.15) is 26.2 Å². The van der Waals surface area contributed by atoms with E-state index in [0.717, 1.165) is 54.8 Å². The van der Waals surface area contributed by atoms with Gasteiger partial charge < -0.3 is 25.0 Å². The van der Waals surface area contributed by atoms with Gasteiger partial charge in [0.05, 0.1) is 12.6 Å². The molecule has 1 aromatic carbocycles. The number of alkyl carbamates (subject to hydrolysis) is 1. The molecular formula is C22H30N4O4. The average molecular weight is 415 g/mol. The molecular weight excluding hydrogens is 384 g/mol. The second kappa shape index (κ2) is 10.7. The number of fused-ring (bicyclic) bond motifs is 1. The molecule has 0 bridgehead atoms. The van der Waals surface area contributed by atoms with Crippen LogP contribution < -0.4 is 20.3 Å². The number of rotatable bonds is 8. The number of likely N-dealkylation sites (N-methyl/N-ethyl adjacent to an activating group) is 1. The SMILES string of the molecule is CCNC(=O)COC(=O)NCCC1CCN(c2ccc3cc(OC)ccc3n2)CC1. The van der Waals surface area contributed by atoms with Crippen LogP contribution >= 0.6 is 0 Å². The monoisotopic (exact) mass is 414 g/mol. The third-order valence-electron chi connectivity index (χ3n) is 5.35. The van der Waals surface area contributed by atoms with Gasteiger partial charge in [0.2, 0.25) is 0 Å². The van der Waals surface area contributed by atoms with E-state index < -0.39 is 6.09 Å². The molecule has 0 atom stereocenters. The van der Waals surface area contributed by atoms with Gasteiger partial charge in [0.25, 0.3) is 5.91 Å². The molecule has 0 aliphatic carbocycles. The maximum Gasteiger partial charge on any atom is 0.407 e. The van der Waals surface area contributed by atoms with Crippen molar-refractivity contribution in [2.45, 2.75) is 26.2 Å². The first-order valence-corrected chi connectivity index (χ1v) is 10.5. The number of methoxy groups -OCH3 is 1. The quantitative estimate of drug-likeness (QED) is 0.690. The Bertz CT molecular complexity index is 865. The van der Waals surface area contributed by atoms with Crippen LogP contribution in [0.2, 0.25) is 0 Å². The van der Waals surface area contributed by atoms with Crippen LogP contribution in [-0.4, -0.2) is 56.9 Å². The van der Waals surface area contributed by atoms with Crippen molar-refractivity contribution in [2.24, 2.45) is 5.92 Å². The molecule has 0 unspecified atom stereocenters. The van der Waals surface area contributed by atoms with Crippen LogP contribution in [0.4, 0.5) is 10.6 Å². The molecule has 8 nitrogen and oxygen atoms in total. The van der Waals surface area contributed by atoms with Crippen molar-refractivity contribution in [2.75, 3.05) is 44.8 Å². The number of hydrogen-bond donors (Lipinski definition) is 2. The summed E-state index contributed by atoms with van der Waals surface area (Å²) in [6.07, 6.45) is 2.46. The summed E-state index contributed by atoms with van der Waals surface area (Å²) in [5.74, 6) is 2.09.